The van der Waals surface area contributed by atoms with Crippen molar-refractivity contribution in [3.05, 3.63) is 70.5 Å². The lowest BCUT2D eigenvalue weighted by molar-refractivity contribution is 0.0939. The summed E-state index contributed by atoms with van der Waals surface area (Å²) in [6, 6.07) is 12.2. The summed E-state index contributed by atoms with van der Waals surface area (Å²) in [4.78, 5) is 12.2. The number of hydrogen-bond donors (Lipinski definition) is 1. The number of halogens is 1. The van der Waals surface area contributed by atoms with E-state index in [1.54, 1.807) is 13.0 Å². The molecule has 3 heteroatoms. The standard InChI is InChI=1S/C17H18FNO/c1-11-6-4-5-7-15(11)13(3)19-17(20)14-8-9-16(18)12(2)10-14/h4-10,13H,1-3H3,(H,19,20). The molecule has 1 unspecified atom stereocenters. The summed E-state index contributed by atoms with van der Waals surface area (Å²) >= 11 is 0. The maximum absolute atomic E-state index is 13.2. The molecule has 1 atom stereocenters. The minimum atomic E-state index is -0.298. The van der Waals surface area contributed by atoms with E-state index in [9.17, 15) is 9.18 Å². The molecule has 1 amide bonds. The summed E-state index contributed by atoms with van der Waals surface area (Å²) in [5, 5.41) is 2.94. The maximum Gasteiger partial charge on any atom is 0.251 e. The predicted molar refractivity (Wildman–Crippen MR) is 78.2 cm³/mol. The molecule has 0 bridgehead atoms. The Bertz CT molecular complexity index is 637. The number of benzene rings is 2. The predicted octanol–water partition coefficient (Wildman–Crippen LogP) is 3.93. The van der Waals surface area contributed by atoms with Crippen LogP contribution in [0.25, 0.3) is 0 Å². The number of carbonyl (C=O) groups is 1. The van der Waals surface area contributed by atoms with Gasteiger partial charge in [-0.2, -0.15) is 0 Å². The van der Waals surface area contributed by atoms with E-state index < -0.39 is 0 Å². The molecule has 0 heterocycles. The third kappa shape index (κ3) is 3.05. The molecular formula is C17H18FNO. The Morgan fingerprint density at radius 1 is 1.10 bits per heavy atom. The molecule has 104 valence electrons. The monoisotopic (exact) mass is 271 g/mol. The van der Waals surface area contributed by atoms with Gasteiger partial charge >= 0.3 is 0 Å². The number of rotatable bonds is 3. The summed E-state index contributed by atoms with van der Waals surface area (Å²) < 4.78 is 13.2. The normalized spacial score (nSPS) is 12.0. The van der Waals surface area contributed by atoms with Gasteiger partial charge in [0, 0.05) is 5.56 Å². The molecular weight excluding hydrogens is 253 g/mol. The van der Waals surface area contributed by atoms with Gasteiger partial charge in [-0.05, 0) is 55.7 Å². The van der Waals surface area contributed by atoms with Crippen molar-refractivity contribution in [2.24, 2.45) is 0 Å². The molecule has 2 aromatic carbocycles. The van der Waals surface area contributed by atoms with Crippen molar-refractivity contribution in [1.29, 1.82) is 0 Å². The van der Waals surface area contributed by atoms with Gasteiger partial charge in [0.25, 0.3) is 5.91 Å². The number of carbonyl (C=O) groups excluding carboxylic acids is 1. The van der Waals surface area contributed by atoms with Crippen LogP contribution in [-0.2, 0) is 0 Å². The summed E-state index contributed by atoms with van der Waals surface area (Å²) in [5.74, 6) is -0.489. The van der Waals surface area contributed by atoms with Crippen molar-refractivity contribution in [2.75, 3.05) is 0 Å². The van der Waals surface area contributed by atoms with Crippen molar-refractivity contribution in [3.8, 4) is 0 Å². The van der Waals surface area contributed by atoms with Gasteiger partial charge in [0.15, 0.2) is 0 Å². The number of hydrogen-bond acceptors (Lipinski definition) is 1. The second kappa shape index (κ2) is 5.87. The summed E-state index contributed by atoms with van der Waals surface area (Å²) in [6.07, 6.45) is 0. The van der Waals surface area contributed by atoms with Crippen LogP contribution in [0.15, 0.2) is 42.5 Å². The van der Waals surface area contributed by atoms with Crippen LogP contribution in [0.4, 0.5) is 4.39 Å². The number of nitrogens with one attached hydrogen (secondary N) is 1. The van der Waals surface area contributed by atoms with Crippen LogP contribution in [0.2, 0.25) is 0 Å². The quantitative estimate of drug-likeness (QED) is 0.900. The molecule has 2 aromatic rings. The SMILES string of the molecule is Cc1cc(C(=O)NC(C)c2ccccc2C)ccc1F. The van der Waals surface area contributed by atoms with Gasteiger partial charge in [0.05, 0.1) is 6.04 Å². The largest absolute Gasteiger partial charge is 0.346 e. The zero-order chi connectivity index (χ0) is 14.7. The van der Waals surface area contributed by atoms with E-state index in [1.165, 1.54) is 12.1 Å². The zero-order valence-corrected chi connectivity index (χ0v) is 11.9. The van der Waals surface area contributed by atoms with Crippen LogP contribution in [0.5, 0.6) is 0 Å². The minimum absolute atomic E-state index is 0.0888. The maximum atomic E-state index is 13.2. The topological polar surface area (TPSA) is 29.1 Å². The van der Waals surface area contributed by atoms with E-state index in [1.807, 2.05) is 38.1 Å². The summed E-state index contributed by atoms with van der Waals surface area (Å²) in [5.41, 5.74) is 3.17. The van der Waals surface area contributed by atoms with Gasteiger partial charge in [-0.15, -0.1) is 0 Å². The average Bonchev–Trinajstić information content (AvgIpc) is 2.42. The van der Waals surface area contributed by atoms with Gasteiger partial charge in [0.1, 0.15) is 5.82 Å². The summed E-state index contributed by atoms with van der Waals surface area (Å²) in [6.45, 7) is 5.60. The zero-order valence-electron chi connectivity index (χ0n) is 11.9. The second-order valence-corrected chi connectivity index (χ2v) is 5.02. The lowest BCUT2D eigenvalue weighted by atomic mass is 10.0. The first-order valence-electron chi connectivity index (χ1n) is 6.61. The smallest absolute Gasteiger partial charge is 0.251 e. The Morgan fingerprint density at radius 2 is 1.80 bits per heavy atom. The minimum Gasteiger partial charge on any atom is -0.346 e. The molecule has 0 radical (unpaired) electrons. The fourth-order valence-corrected chi connectivity index (χ4v) is 2.22. The molecule has 1 N–H and O–H groups in total. The molecule has 0 aliphatic carbocycles. The van der Waals surface area contributed by atoms with Crippen LogP contribution in [0.1, 0.15) is 40.0 Å². The first kappa shape index (κ1) is 14.3. The fourth-order valence-electron chi connectivity index (χ4n) is 2.22. The van der Waals surface area contributed by atoms with Crippen molar-refractivity contribution >= 4 is 5.91 Å². The molecule has 0 aromatic heterocycles. The Labute approximate surface area is 118 Å². The van der Waals surface area contributed by atoms with Gasteiger partial charge in [-0.1, -0.05) is 24.3 Å². The fraction of sp³-hybridized carbons (Fsp3) is 0.235. The van der Waals surface area contributed by atoms with Crippen LogP contribution < -0.4 is 5.32 Å². The van der Waals surface area contributed by atoms with Gasteiger partial charge < -0.3 is 5.32 Å². The molecule has 2 rings (SSSR count). The highest BCUT2D eigenvalue weighted by Gasteiger charge is 2.13. The van der Waals surface area contributed by atoms with Crippen molar-refractivity contribution in [2.45, 2.75) is 26.8 Å². The van der Waals surface area contributed by atoms with Crippen LogP contribution in [0.3, 0.4) is 0 Å². The van der Waals surface area contributed by atoms with E-state index >= 15 is 0 Å². The molecule has 20 heavy (non-hydrogen) atoms. The highest BCUT2D eigenvalue weighted by Crippen LogP contribution is 2.17. The van der Waals surface area contributed by atoms with Crippen molar-refractivity contribution in [3.63, 3.8) is 0 Å². The molecule has 0 spiro atoms. The highest BCUT2D eigenvalue weighted by molar-refractivity contribution is 5.94. The third-order valence-electron chi connectivity index (χ3n) is 3.42. The van der Waals surface area contributed by atoms with E-state index in [0.29, 0.717) is 11.1 Å². The van der Waals surface area contributed by atoms with Gasteiger partial charge in [-0.3, -0.25) is 4.79 Å². The lowest BCUT2D eigenvalue weighted by Gasteiger charge is -2.16. The summed E-state index contributed by atoms with van der Waals surface area (Å²) in [7, 11) is 0. The second-order valence-electron chi connectivity index (χ2n) is 5.02. The molecule has 0 saturated heterocycles. The molecule has 0 saturated carbocycles. The van der Waals surface area contributed by atoms with E-state index in [2.05, 4.69) is 5.32 Å². The van der Waals surface area contributed by atoms with Gasteiger partial charge in [-0.25, -0.2) is 4.39 Å². The number of amides is 1. The number of aryl methyl sites for hydroxylation is 2. The van der Waals surface area contributed by atoms with E-state index in [-0.39, 0.29) is 17.8 Å². The Kier molecular flexibility index (Phi) is 4.18. The highest BCUT2D eigenvalue weighted by atomic mass is 19.1. The van der Waals surface area contributed by atoms with Crippen LogP contribution in [-0.4, -0.2) is 5.91 Å². The first-order valence-corrected chi connectivity index (χ1v) is 6.61. The Morgan fingerprint density at radius 3 is 2.45 bits per heavy atom. The van der Waals surface area contributed by atoms with E-state index in [0.717, 1.165) is 11.1 Å². The Balaban J connectivity index is 2.15. The van der Waals surface area contributed by atoms with Crippen LogP contribution >= 0.6 is 0 Å². The van der Waals surface area contributed by atoms with Crippen LogP contribution in [0, 0.1) is 19.7 Å². The first-order chi connectivity index (χ1) is 9.49. The average molecular weight is 271 g/mol. The molecule has 0 aliphatic rings. The lowest BCUT2D eigenvalue weighted by Crippen LogP contribution is -2.27. The molecule has 2 nitrogen and oxygen atoms in total. The van der Waals surface area contributed by atoms with E-state index in [4.69, 9.17) is 0 Å². The Hall–Kier alpha value is -2.16. The van der Waals surface area contributed by atoms with Crippen molar-refractivity contribution in [1.82, 2.24) is 5.32 Å². The van der Waals surface area contributed by atoms with Gasteiger partial charge in [0.2, 0.25) is 0 Å². The third-order valence-corrected chi connectivity index (χ3v) is 3.42. The van der Waals surface area contributed by atoms with Crippen molar-refractivity contribution < 1.29 is 9.18 Å². The molecule has 0 aliphatic heterocycles. The molecule has 0 fully saturated rings.